The highest BCUT2D eigenvalue weighted by atomic mass is 16.2. The van der Waals surface area contributed by atoms with Crippen LogP contribution in [0.25, 0.3) is 16.7 Å². The molecule has 4 aromatic rings. The molecule has 1 unspecified atom stereocenters. The van der Waals surface area contributed by atoms with Crippen LogP contribution in [0.15, 0.2) is 54.6 Å². The fourth-order valence-corrected chi connectivity index (χ4v) is 4.38. The lowest BCUT2D eigenvalue weighted by molar-refractivity contribution is 0.0593. The molecule has 2 aromatic heterocycles. The standard InChI is InChI=1S/C27H25N5O3/c1-5-17(4)31-26(34)20-11-10-18(14-21(20)27(31)35)25(33)29-24-13-16(3)30-32(24)23-12-15(2)19-8-6-7-9-22(19)28-23/h6-14,17H,5H2,1-4H3,(H,29,33). The summed E-state index contributed by atoms with van der Waals surface area (Å²) in [6.45, 7) is 7.60. The number of fused-ring (bicyclic) bond motifs is 2. The number of anilines is 1. The molecule has 0 fully saturated rings. The minimum absolute atomic E-state index is 0.213. The first-order chi connectivity index (χ1) is 16.8. The fourth-order valence-electron chi connectivity index (χ4n) is 4.38. The summed E-state index contributed by atoms with van der Waals surface area (Å²) in [5.74, 6) is -0.0560. The van der Waals surface area contributed by atoms with Crippen LogP contribution in [0.5, 0.6) is 0 Å². The van der Waals surface area contributed by atoms with E-state index in [1.54, 1.807) is 22.9 Å². The minimum atomic E-state index is -0.409. The molecule has 3 amide bonds. The molecule has 8 nitrogen and oxygen atoms in total. The van der Waals surface area contributed by atoms with Crippen molar-refractivity contribution in [2.75, 3.05) is 5.32 Å². The van der Waals surface area contributed by atoms with Gasteiger partial charge in [0.25, 0.3) is 17.7 Å². The number of carbonyl (C=O) groups is 3. The largest absolute Gasteiger partial charge is 0.306 e. The Labute approximate surface area is 202 Å². The van der Waals surface area contributed by atoms with Crippen LogP contribution < -0.4 is 5.32 Å². The van der Waals surface area contributed by atoms with Gasteiger partial charge in [0.2, 0.25) is 0 Å². The second-order valence-electron chi connectivity index (χ2n) is 8.85. The predicted molar refractivity (Wildman–Crippen MR) is 133 cm³/mol. The molecule has 1 aliphatic rings. The highest BCUT2D eigenvalue weighted by molar-refractivity contribution is 6.22. The summed E-state index contributed by atoms with van der Waals surface area (Å²) >= 11 is 0. The quantitative estimate of drug-likeness (QED) is 0.430. The molecule has 0 saturated heterocycles. The highest BCUT2D eigenvalue weighted by Gasteiger charge is 2.38. The van der Waals surface area contributed by atoms with Gasteiger partial charge in [0.05, 0.1) is 22.3 Å². The lowest BCUT2D eigenvalue weighted by atomic mass is 10.1. The van der Waals surface area contributed by atoms with Crippen LogP contribution in [0, 0.1) is 13.8 Å². The second-order valence-corrected chi connectivity index (χ2v) is 8.85. The molecule has 0 spiro atoms. The molecule has 5 rings (SSSR count). The first-order valence-corrected chi connectivity index (χ1v) is 11.5. The number of hydrogen-bond acceptors (Lipinski definition) is 5. The van der Waals surface area contributed by atoms with Crippen molar-refractivity contribution in [1.29, 1.82) is 0 Å². The Morgan fingerprint density at radius 1 is 1.00 bits per heavy atom. The molecule has 1 N–H and O–H groups in total. The zero-order chi connectivity index (χ0) is 24.9. The first-order valence-electron chi connectivity index (χ1n) is 11.5. The van der Waals surface area contributed by atoms with Gasteiger partial charge in [-0.15, -0.1) is 0 Å². The van der Waals surface area contributed by atoms with Crippen LogP contribution in [0.2, 0.25) is 0 Å². The summed E-state index contributed by atoms with van der Waals surface area (Å²) in [6, 6.07) is 15.9. The molecule has 0 radical (unpaired) electrons. The van der Waals surface area contributed by atoms with Crippen LogP contribution in [0.3, 0.4) is 0 Å². The van der Waals surface area contributed by atoms with Crippen molar-refractivity contribution in [3.05, 3.63) is 82.5 Å². The van der Waals surface area contributed by atoms with E-state index in [0.717, 1.165) is 16.5 Å². The van der Waals surface area contributed by atoms with E-state index >= 15 is 0 Å². The maximum atomic E-state index is 13.2. The molecule has 0 saturated carbocycles. The number of amides is 3. The zero-order valence-electron chi connectivity index (χ0n) is 20.0. The molecule has 2 aromatic carbocycles. The molecule has 0 aliphatic carbocycles. The van der Waals surface area contributed by atoms with Crippen LogP contribution in [-0.2, 0) is 0 Å². The van der Waals surface area contributed by atoms with Crippen molar-refractivity contribution < 1.29 is 14.4 Å². The fraction of sp³-hybridized carbons (Fsp3) is 0.222. The van der Waals surface area contributed by atoms with Gasteiger partial charge in [-0.3, -0.25) is 19.3 Å². The maximum Gasteiger partial charge on any atom is 0.261 e. The third-order valence-electron chi connectivity index (χ3n) is 6.41. The molecular formula is C27H25N5O3. The summed E-state index contributed by atoms with van der Waals surface area (Å²) in [5, 5.41) is 8.47. The van der Waals surface area contributed by atoms with Crippen molar-refractivity contribution in [3.8, 4) is 5.82 Å². The highest BCUT2D eigenvalue weighted by Crippen LogP contribution is 2.27. The van der Waals surface area contributed by atoms with Gasteiger partial charge >= 0.3 is 0 Å². The molecule has 8 heteroatoms. The van der Waals surface area contributed by atoms with E-state index in [1.807, 2.05) is 58.0 Å². The Bertz CT molecular complexity index is 1520. The van der Waals surface area contributed by atoms with Gasteiger partial charge in [0.1, 0.15) is 5.82 Å². The summed E-state index contributed by atoms with van der Waals surface area (Å²) in [6.07, 6.45) is 0.657. The van der Waals surface area contributed by atoms with Gasteiger partial charge in [-0.1, -0.05) is 25.1 Å². The normalized spacial score (nSPS) is 13.9. The monoisotopic (exact) mass is 467 g/mol. The number of para-hydroxylation sites is 1. The molecule has 0 bridgehead atoms. The Morgan fingerprint density at radius 3 is 2.51 bits per heavy atom. The molecule has 3 heterocycles. The van der Waals surface area contributed by atoms with E-state index < -0.39 is 5.91 Å². The number of rotatable bonds is 5. The van der Waals surface area contributed by atoms with Gasteiger partial charge < -0.3 is 5.32 Å². The first kappa shape index (κ1) is 22.5. The Hall–Kier alpha value is -4.33. The average molecular weight is 468 g/mol. The summed E-state index contributed by atoms with van der Waals surface area (Å²) in [4.78, 5) is 44.7. The predicted octanol–water partition coefficient (Wildman–Crippen LogP) is 4.68. The third kappa shape index (κ3) is 3.77. The second kappa shape index (κ2) is 8.47. The number of pyridine rings is 1. The number of benzene rings is 2. The topological polar surface area (TPSA) is 97.2 Å². The number of nitrogens with zero attached hydrogens (tertiary/aromatic N) is 4. The number of hydrogen-bond donors (Lipinski definition) is 1. The third-order valence-corrected chi connectivity index (χ3v) is 6.41. The Balaban J connectivity index is 1.47. The van der Waals surface area contributed by atoms with Gasteiger partial charge in [-0.25, -0.2) is 4.98 Å². The van der Waals surface area contributed by atoms with E-state index in [9.17, 15) is 14.4 Å². The number of aromatic nitrogens is 3. The smallest absolute Gasteiger partial charge is 0.261 e. The van der Waals surface area contributed by atoms with E-state index in [1.165, 1.54) is 11.0 Å². The SMILES string of the molecule is CCC(C)N1C(=O)c2ccc(C(=O)Nc3cc(C)nn3-c3cc(C)c4ccccc4n3)cc2C1=O. The lowest BCUT2D eigenvalue weighted by Crippen LogP contribution is -2.37. The number of nitrogens with one attached hydrogen (secondary N) is 1. The Morgan fingerprint density at radius 2 is 1.74 bits per heavy atom. The van der Waals surface area contributed by atoms with Gasteiger partial charge in [-0.05, 0) is 63.1 Å². The summed E-state index contributed by atoms with van der Waals surface area (Å²) < 4.78 is 1.60. The van der Waals surface area contributed by atoms with Gasteiger partial charge in [0, 0.05) is 23.1 Å². The summed E-state index contributed by atoms with van der Waals surface area (Å²) in [5.41, 5.74) is 3.45. The molecule has 35 heavy (non-hydrogen) atoms. The van der Waals surface area contributed by atoms with Crippen molar-refractivity contribution in [2.45, 2.75) is 40.2 Å². The number of carbonyl (C=O) groups excluding carboxylic acids is 3. The van der Waals surface area contributed by atoms with Crippen LogP contribution in [0.4, 0.5) is 5.82 Å². The molecule has 176 valence electrons. The number of imide groups is 1. The summed E-state index contributed by atoms with van der Waals surface area (Å²) in [7, 11) is 0. The van der Waals surface area contributed by atoms with E-state index in [0.29, 0.717) is 29.3 Å². The van der Waals surface area contributed by atoms with Crippen LogP contribution in [0.1, 0.15) is 62.6 Å². The van der Waals surface area contributed by atoms with Crippen molar-refractivity contribution >= 4 is 34.4 Å². The van der Waals surface area contributed by atoms with E-state index in [-0.39, 0.29) is 29.0 Å². The van der Waals surface area contributed by atoms with Crippen molar-refractivity contribution in [2.24, 2.45) is 0 Å². The van der Waals surface area contributed by atoms with Crippen LogP contribution in [-0.4, -0.2) is 43.4 Å². The maximum absolute atomic E-state index is 13.2. The lowest BCUT2D eigenvalue weighted by Gasteiger charge is -2.20. The van der Waals surface area contributed by atoms with E-state index in [2.05, 4.69) is 10.4 Å². The number of aryl methyl sites for hydroxylation is 2. The zero-order valence-corrected chi connectivity index (χ0v) is 20.0. The van der Waals surface area contributed by atoms with Crippen molar-refractivity contribution in [1.82, 2.24) is 19.7 Å². The van der Waals surface area contributed by atoms with Gasteiger partial charge in [0.15, 0.2) is 5.82 Å². The molecular weight excluding hydrogens is 442 g/mol. The average Bonchev–Trinajstić information content (AvgIpc) is 3.34. The van der Waals surface area contributed by atoms with Crippen LogP contribution >= 0.6 is 0 Å². The minimum Gasteiger partial charge on any atom is -0.306 e. The van der Waals surface area contributed by atoms with Crippen molar-refractivity contribution in [3.63, 3.8) is 0 Å². The van der Waals surface area contributed by atoms with E-state index in [4.69, 9.17) is 4.98 Å². The Kier molecular flexibility index (Phi) is 5.43. The molecule has 1 atom stereocenters. The van der Waals surface area contributed by atoms with Gasteiger partial charge in [-0.2, -0.15) is 9.78 Å². The molecule has 1 aliphatic heterocycles.